The van der Waals surface area contributed by atoms with E-state index < -0.39 is 0 Å². The lowest BCUT2D eigenvalue weighted by molar-refractivity contribution is 0.307. The molecule has 2 N–H and O–H groups in total. The lowest BCUT2D eigenvalue weighted by Crippen LogP contribution is -1.99. The molecule has 0 atom stereocenters. The van der Waals surface area contributed by atoms with Crippen molar-refractivity contribution in [1.29, 1.82) is 0 Å². The predicted molar refractivity (Wildman–Crippen MR) is 88.7 cm³/mol. The van der Waals surface area contributed by atoms with Crippen molar-refractivity contribution >= 4 is 28.4 Å². The lowest BCUT2D eigenvalue weighted by Gasteiger charge is -2.10. The first-order valence-electron chi connectivity index (χ1n) is 6.67. The summed E-state index contributed by atoms with van der Waals surface area (Å²) in [5, 5.41) is 0.969. The SMILES string of the molecule is CSc1ccc(OCc2ccc(N)c3cccnc23)cc1. The van der Waals surface area contributed by atoms with Crippen molar-refractivity contribution in [2.24, 2.45) is 0 Å². The van der Waals surface area contributed by atoms with Gasteiger partial charge in [0.05, 0.1) is 5.52 Å². The van der Waals surface area contributed by atoms with Gasteiger partial charge >= 0.3 is 0 Å². The second-order valence-electron chi connectivity index (χ2n) is 4.68. The van der Waals surface area contributed by atoms with Gasteiger partial charge in [0.2, 0.25) is 0 Å². The minimum Gasteiger partial charge on any atom is -0.489 e. The molecule has 0 amide bonds. The van der Waals surface area contributed by atoms with Gasteiger partial charge in [-0.15, -0.1) is 11.8 Å². The molecule has 4 heteroatoms. The first-order valence-corrected chi connectivity index (χ1v) is 7.89. The van der Waals surface area contributed by atoms with Gasteiger partial charge in [0.15, 0.2) is 0 Å². The minimum absolute atomic E-state index is 0.479. The fourth-order valence-electron chi connectivity index (χ4n) is 2.20. The summed E-state index contributed by atoms with van der Waals surface area (Å²) in [7, 11) is 0. The Morgan fingerprint density at radius 2 is 1.90 bits per heavy atom. The van der Waals surface area contributed by atoms with Crippen LogP contribution in [0.2, 0.25) is 0 Å². The van der Waals surface area contributed by atoms with E-state index in [1.165, 1.54) is 4.90 Å². The van der Waals surface area contributed by atoms with Crippen molar-refractivity contribution in [3.8, 4) is 5.75 Å². The van der Waals surface area contributed by atoms with Crippen LogP contribution in [0.5, 0.6) is 5.75 Å². The van der Waals surface area contributed by atoms with Gasteiger partial charge < -0.3 is 10.5 Å². The van der Waals surface area contributed by atoms with Crippen LogP contribution in [0.15, 0.2) is 59.6 Å². The molecule has 0 aliphatic carbocycles. The Bertz CT molecular complexity index is 756. The highest BCUT2D eigenvalue weighted by Gasteiger charge is 2.06. The Labute approximate surface area is 128 Å². The predicted octanol–water partition coefficient (Wildman–Crippen LogP) is 4.12. The van der Waals surface area contributed by atoms with Crippen molar-refractivity contribution < 1.29 is 4.74 Å². The molecule has 0 radical (unpaired) electrons. The van der Waals surface area contributed by atoms with Crippen molar-refractivity contribution in [3.05, 3.63) is 60.3 Å². The molecule has 0 saturated heterocycles. The third kappa shape index (κ3) is 2.95. The van der Waals surface area contributed by atoms with Crippen LogP contribution in [0.1, 0.15) is 5.56 Å². The number of nitrogens with two attached hydrogens (primary N) is 1. The summed E-state index contributed by atoms with van der Waals surface area (Å²) in [6, 6.07) is 15.8. The number of aromatic nitrogens is 1. The number of thioether (sulfide) groups is 1. The number of hydrogen-bond acceptors (Lipinski definition) is 4. The normalized spacial score (nSPS) is 10.7. The number of nitrogen functional groups attached to an aromatic ring is 1. The molecule has 21 heavy (non-hydrogen) atoms. The first-order chi connectivity index (χ1) is 10.3. The summed E-state index contributed by atoms with van der Waals surface area (Å²) in [5.74, 6) is 0.855. The largest absolute Gasteiger partial charge is 0.489 e. The molecule has 0 bridgehead atoms. The van der Waals surface area contributed by atoms with Gasteiger partial charge in [-0.2, -0.15) is 0 Å². The van der Waals surface area contributed by atoms with Crippen molar-refractivity contribution in [3.63, 3.8) is 0 Å². The number of rotatable bonds is 4. The van der Waals surface area contributed by atoms with Gasteiger partial charge in [-0.05, 0) is 48.7 Å². The number of pyridine rings is 1. The van der Waals surface area contributed by atoms with E-state index in [9.17, 15) is 0 Å². The van der Waals surface area contributed by atoms with Crippen molar-refractivity contribution in [2.45, 2.75) is 11.5 Å². The molecule has 0 unspecified atom stereocenters. The van der Waals surface area contributed by atoms with E-state index in [2.05, 4.69) is 23.4 Å². The van der Waals surface area contributed by atoms with E-state index in [0.29, 0.717) is 6.61 Å². The molecule has 0 aliphatic rings. The summed E-state index contributed by atoms with van der Waals surface area (Å²) in [4.78, 5) is 5.64. The molecule has 3 rings (SSSR count). The zero-order chi connectivity index (χ0) is 14.7. The third-order valence-corrected chi connectivity index (χ3v) is 4.08. The highest BCUT2D eigenvalue weighted by Crippen LogP contribution is 2.24. The maximum atomic E-state index is 5.98. The molecule has 1 aromatic heterocycles. The van der Waals surface area contributed by atoms with Crippen LogP contribution in [0.25, 0.3) is 10.9 Å². The molecular weight excluding hydrogens is 280 g/mol. The second-order valence-corrected chi connectivity index (χ2v) is 5.56. The summed E-state index contributed by atoms with van der Waals surface area (Å²) < 4.78 is 5.85. The van der Waals surface area contributed by atoms with Crippen LogP contribution in [0, 0.1) is 0 Å². The summed E-state index contributed by atoms with van der Waals surface area (Å²) in [6.07, 6.45) is 3.83. The monoisotopic (exact) mass is 296 g/mol. The van der Waals surface area contributed by atoms with E-state index in [1.807, 2.05) is 36.4 Å². The Morgan fingerprint density at radius 3 is 2.67 bits per heavy atom. The molecule has 2 aromatic carbocycles. The van der Waals surface area contributed by atoms with E-state index in [4.69, 9.17) is 10.5 Å². The fourth-order valence-corrected chi connectivity index (χ4v) is 2.61. The highest BCUT2D eigenvalue weighted by molar-refractivity contribution is 7.98. The van der Waals surface area contributed by atoms with Crippen molar-refractivity contribution in [1.82, 2.24) is 4.98 Å². The number of nitrogens with zero attached hydrogens (tertiary/aromatic N) is 1. The number of ether oxygens (including phenoxy) is 1. The zero-order valence-corrected chi connectivity index (χ0v) is 12.6. The van der Waals surface area contributed by atoms with Crippen LogP contribution in [0.4, 0.5) is 5.69 Å². The molecule has 0 saturated carbocycles. The van der Waals surface area contributed by atoms with Crippen molar-refractivity contribution in [2.75, 3.05) is 12.0 Å². The average molecular weight is 296 g/mol. The molecule has 0 aliphatic heterocycles. The zero-order valence-electron chi connectivity index (χ0n) is 11.7. The van der Waals surface area contributed by atoms with E-state index in [-0.39, 0.29) is 0 Å². The van der Waals surface area contributed by atoms with Gasteiger partial charge in [0.25, 0.3) is 0 Å². The van der Waals surface area contributed by atoms with Crippen LogP contribution >= 0.6 is 11.8 Å². The van der Waals surface area contributed by atoms with E-state index >= 15 is 0 Å². The van der Waals surface area contributed by atoms with E-state index in [1.54, 1.807) is 18.0 Å². The van der Waals surface area contributed by atoms with Gasteiger partial charge in [-0.25, -0.2) is 0 Å². The van der Waals surface area contributed by atoms with E-state index in [0.717, 1.165) is 27.9 Å². The van der Waals surface area contributed by atoms with Gasteiger partial charge in [-0.1, -0.05) is 6.07 Å². The standard InChI is InChI=1S/C17H16N2OS/c1-21-14-7-5-13(6-8-14)20-11-12-4-9-16(18)15-3-2-10-19-17(12)15/h2-10H,11,18H2,1H3. The lowest BCUT2D eigenvalue weighted by atomic mass is 10.1. The van der Waals surface area contributed by atoms with Gasteiger partial charge in [0, 0.05) is 27.7 Å². The minimum atomic E-state index is 0.479. The van der Waals surface area contributed by atoms with Crippen LogP contribution in [-0.2, 0) is 6.61 Å². The highest BCUT2D eigenvalue weighted by atomic mass is 32.2. The third-order valence-electron chi connectivity index (χ3n) is 3.34. The quantitative estimate of drug-likeness (QED) is 0.581. The smallest absolute Gasteiger partial charge is 0.119 e. The average Bonchev–Trinajstić information content (AvgIpc) is 2.55. The molecule has 0 fully saturated rings. The molecular formula is C17H16N2OS. The Morgan fingerprint density at radius 1 is 1.10 bits per heavy atom. The van der Waals surface area contributed by atoms with Gasteiger partial charge in [-0.3, -0.25) is 4.98 Å². The Balaban J connectivity index is 1.83. The molecule has 1 heterocycles. The molecule has 0 spiro atoms. The molecule has 3 aromatic rings. The van der Waals surface area contributed by atoms with Crippen LogP contribution < -0.4 is 10.5 Å². The summed E-state index contributed by atoms with van der Waals surface area (Å²) >= 11 is 1.72. The number of hydrogen-bond donors (Lipinski definition) is 1. The van der Waals surface area contributed by atoms with Crippen LogP contribution in [-0.4, -0.2) is 11.2 Å². The van der Waals surface area contributed by atoms with Gasteiger partial charge in [0.1, 0.15) is 12.4 Å². The maximum Gasteiger partial charge on any atom is 0.119 e. The summed E-state index contributed by atoms with van der Waals surface area (Å²) in [5.41, 5.74) is 8.66. The molecule has 106 valence electrons. The number of anilines is 1. The number of fused-ring (bicyclic) bond motifs is 1. The first kappa shape index (κ1) is 13.8. The van der Waals surface area contributed by atoms with Crippen LogP contribution in [0.3, 0.4) is 0 Å². The Hall–Kier alpha value is -2.20. The Kier molecular flexibility index (Phi) is 3.97. The maximum absolute atomic E-state index is 5.98. The second kappa shape index (κ2) is 6.06. The number of benzene rings is 2. The fraction of sp³-hybridized carbons (Fsp3) is 0.118. The topological polar surface area (TPSA) is 48.1 Å². The summed E-state index contributed by atoms with van der Waals surface area (Å²) in [6.45, 7) is 0.479. The molecule has 3 nitrogen and oxygen atoms in total.